The predicted octanol–water partition coefficient (Wildman–Crippen LogP) is 5.44. The first-order chi connectivity index (χ1) is 16.8. The number of benzene rings is 2. The minimum Gasteiger partial charge on any atom is -0.494 e. The third-order valence-electron chi connectivity index (χ3n) is 5.79. The maximum absolute atomic E-state index is 14.0. The molecule has 0 saturated carbocycles. The predicted molar refractivity (Wildman–Crippen MR) is 130 cm³/mol. The average Bonchev–Trinajstić information content (AvgIpc) is 3.36. The van der Waals surface area contributed by atoms with Gasteiger partial charge < -0.3 is 9.15 Å². The van der Waals surface area contributed by atoms with E-state index in [1.165, 1.54) is 24.0 Å². The summed E-state index contributed by atoms with van der Waals surface area (Å²) in [5.41, 5.74) is 0.806. The van der Waals surface area contributed by atoms with Crippen LogP contribution in [0, 0.1) is 12.7 Å². The van der Waals surface area contributed by atoms with Crippen molar-refractivity contribution in [2.45, 2.75) is 33.2 Å². The fraction of sp³-hybridized carbons (Fsp3) is 0.231. The van der Waals surface area contributed by atoms with Crippen LogP contribution in [0.15, 0.2) is 51.7 Å². The molecule has 0 aliphatic carbocycles. The summed E-state index contributed by atoms with van der Waals surface area (Å²) in [6, 6.07) is 9.82. The third kappa shape index (κ3) is 3.81. The number of aromatic nitrogens is 1. The summed E-state index contributed by atoms with van der Waals surface area (Å²) in [5, 5.41) is 0.310. The Morgan fingerprint density at radius 2 is 2.03 bits per heavy atom. The van der Waals surface area contributed by atoms with Crippen molar-refractivity contribution in [3.63, 3.8) is 0 Å². The van der Waals surface area contributed by atoms with Crippen LogP contribution >= 0.6 is 11.3 Å². The van der Waals surface area contributed by atoms with Crippen molar-refractivity contribution in [2.24, 2.45) is 0 Å². The van der Waals surface area contributed by atoms with Crippen LogP contribution in [-0.2, 0) is 0 Å². The molecule has 3 heterocycles. The van der Waals surface area contributed by atoms with Gasteiger partial charge in [-0.2, -0.15) is 0 Å². The summed E-state index contributed by atoms with van der Waals surface area (Å²) < 4.78 is 25.6. The van der Waals surface area contributed by atoms with Gasteiger partial charge in [-0.25, -0.2) is 9.37 Å². The molecule has 1 aliphatic rings. The van der Waals surface area contributed by atoms with Gasteiger partial charge in [-0.3, -0.25) is 19.3 Å². The van der Waals surface area contributed by atoms with Crippen molar-refractivity contribution in [2.75, 3.05) is 11.5 Å². The van der Waals surface area contributed by atoms with Crippen LogP contribution in [0.5, 0.6) is 5.75 Å². The molecule has 1 aliphatic heterocycles. The summed E-state index contributed by atoms with van der Waals surface area (Å²) in [5.74, 6) is -0.856. The molecule has 35 heavy (non-hydrogen) atoms. The zero-order valence-electron chi connectivity index (χ0n) is 19.3. The number of fused-ring (bicyclic) bond motifs is 2. The van der Waals surface area contributed by atoms with Crippen LogP contribution in [0.1, 0.15) is 63.4 Å². The fourth-order valence-electron chi connectivity index (χ4n) is 4.26. The Morgan fingerprint density at radius 1 is 1.23 bits per heavy atom. The van der Waals surface area contributed by atoms with Crippen LogP contribution in [-0.4, -0.2) is 23.3 Å². The maximum Gasteiger partial charge on any atom is 0.297 e. The molecule has 0 radical (unpaired) electrons. The number of rotatable bonds is 6. The van der Waals surface area contributed by atoms with Crippen molar-refractivity contribution >= 4 is 39.1 Å². The van der Waals surface area contributed by atoms with Gasteiger partial charge in [-0.1, -0.05) is 30.4 Å². The van der Waals surface area contributed by atoms with E-state index in [-0.39, 0.29) is 33.2 Å². The van der Waals surface area contributed by atoms with Gasteiger partial charge in [0.1, 0.15) is 17.1 Å². The summed E-state index contributed by atoms with van der Waals surface area (Å²) in [7, 11) is 0. The van der Waals surface area contributed by atoms with Crippen molar-refractivity contribution in [1.82, 2.24) is 4.98 Å². The second kappa shape index (κ2) is 8.74. The number of ether oxygens (including phenoxy) is 1. The van der Waals surface area contributed by atoms with Crippen LogP contribution in [0.4, 0.5) is 9.52 Å². The van der Waals surface area contributed by atoms with Crippen molar-refractivity contribution in [3.05, 3.63) is 86.0 Å². The highest BCUT2D eigenvalue weighted by Crippen LogP contribution is 2.43. The molecular formula is C26H21FN2O5S. The number of halogens is 1. The molecule has 0 unspecified atom stereocenters. The molecule has 4 aromatic rings. The molecule has 0 bridgehead atoms. The quantitative estimate of drug-likeness (QED) is 0.333. The summed E-state index contributed by atoms with van der Waals surface area (Å²) in [6.45, 7) is 5.62. The van der Waals surface area contributed by atoms with E-state index in [2.05, 4.69) is 4.98 Å². The van der Waals surface area contributed by atoms with Gasteiger partial charge >= 0.3 is 0 Å². The second-order valence-corrected chi connectivity index (χ2v) is 9.26. The number of aryl methyl sites for hydroxylation is 1. The van der Waals surface area contributed by atoms with E-state index < -0.39 is 23.2 Å². The summed E-state index contributed by atoms with van der Waals surface area (Å²) >= 11 is 1.08. The number of ketones is 1. The van der Waals surface area contributed by atoms with Gasteiger partial charge in [0.15, 0.2) is 16.3 Å². The highest BCUT2D eigenvalue weighted by Gasteiger charge is 2.45. The van der Waals surface area contributed by atoms with Crippen molar-refractivity contribution in [3.8, 4) is 5.75 Å². The van der Waals surface area contributed by atoms with Crippen LogP contribution in [0.25, 0.3) is 11.0 Å². The van der Waals surface area contributed by atoms with Crippen LogP contribution in [0.3, 0.4) is 0 Å². The van der Waals surface area contributed by atoms with Gasteiger partial charge in [-0.15, -0.1) is 0 Å². The van der Waals surface area contributed by atoms with Crippen LogP contribution < -0.4 is 15.1 Å². The first-order valence-corrected chi connectivity index (χ1v) is 11.9. The first kappa shape index (κ1) is 22.9. The van der Waals surface area contributed by atoms with E-state index in [0.29, 0.717) is 28.5 Å². The zero-order valence-corrected chi connectivity index (χ0v) is 20.1. The fourth-order valence-corrected chi connectivity index (χ4v) is 5.25. The van der Waals surface area contributed by atoms with E-state index >= 15 is 0 Å². The highest BCUT2D eigenvalue weighted by molar-refractivity contribution is 7.17. The number of Topliss-reactive ketones (excluding diaryl/α,β-unsaturated/α-hetero) is 1. The lowest BCUT2D eigenvalue weighted by Gasteiger charge is -2.23. The topological polar surface area (TPSA) is 89.7 Å². The smallest absolute Gasteiger partial charge is 0.297 e. The molecule has 2 aromatic carbocycles. The molecule has 1 amide bonds. The molecule has 0 saturated heterocycles. The number of hydrogen-bond acceptors (Lipinski definition) is 7. The first-order valence-electron chi connectivity index (χ1n) is 11.1. The van der Waals surface area contributed by atoms with Crippen molar-refractivity contribution < 1.29 is 23.1 Å². The second-order valence-electron chi connectivity index (χ2n) is 8.28. The van der Waals surface area contributed by atoms with E-state index in [4.69, 9.17) is 9.15 Å². The third-order valence-corrected chi connectivity index (χ3v) is 7.05. The molecule has 0 N–H and O–H groups in total. The van der Waals surface area contributed by atoms with E-state index in [0.717, 1.165) is 23.8 Å². The molecule has 0 spiro atoms. The number of carbonyl (C=O) groups excluding carboxylic acids is 2. The van der Waals surface area contributed by atoms with Gasteiger partial charge in [0.2, 0.25) is 5.76 Å². The number of anilines is 1. The molecule has 5 rings (SSSR count). The van der Waals surface area contributed by atoms with E-state index in [1.54, 1.807) is 31.2 Å². The number of amides is 1. The maximum atomic E-state index is 14.0. The Hall–Kier alpha value is -3.85. The lowest BCUT2D eigenvalue weighted by molar-refractivity contribution is 0.0969. The zero-order chi connectivity index (χ0) is 24.9. The molecule has 178 valence electrons. The van der Waals surface area contributed by atoms with Gasteiger partial charge in [0.05, 0.1) is 34.2 Å². The normalized spacial score (nSPS) is 15.0. The Morgan fingerprint density at radius 3 is 2.74 bits per heavy atom. The minimum atomic E-state index is -0.892. The Labute approximate surface area is 203 Å². The number of nitrogens with zero attached hydrogens (tertiary/aromatic N) is 2. The summed E-state index contributed by atoms with van der Waals surface area (Å²) in [6.07, 6.45) is 0.814. The molecule has 9 heteroatoms. The standard InChI is InChI=1S/C26H21FN2O5S/c1-4-10-33-17-7-5-6-15(11-17)21-20-22(31)18-12-16(27)8-9-19(18)34-23(20)25(32)29(21)26-28-13(2)24(35-26)14(3)30/h5-9,11-12,21H,4,10H2,1-3H3/t21-/m1/s1. The lowest BCUT2D eigenvalue weighted by Crippen LogP contribution is -2.29. The van der Waals surface area contributed by atoms with E-state index in [9.17, 15) is 18.8 Å². The number of thiazole rings is 1. The minimum absolute atomic E-state index is 0.0431. The van der Waals surface area contributed by atoms with Crippen molar-refractivity contribution in [1.29, 1.82) is 0 Å². The van der Waals surface area contributed by atoms with E-state index in [1.807, 2.05) is 6.92 Å². The van der Waals surface area contributed by atoms with Gasteiger partial charge in [0, 0.05) is 6.92 Å². The molecule has 1 atom stereocenters. The molecule has 7 nitrogen and oxygen atoms in total. The largest absolute Gasteiger partial charge is 0.494 e. The average molecular weight is 493 g/mol. The molecular weight excluding hydrogens is 471 g/mol. The highest BCUT2D eigenvalue weighted by atomic mass is 32.1. The van der Waals surface area contributed by atoms with Gasteiger partial charge in [0.25, 0.3) is 5.91 Å². The SMILES string of the molecule is CCCOc1cccc([C@@H]2c3c(oc4ccc(F)cc4c3=O)C(=O)N2c2nc(C)c(C(C)=O)s2)c1. The summed E-state index contributed by atoms with van der Waals surface area (Å²) in [4.78, 5) is 45.6. The molecule has 0 fully saturated rings. The Balaban J connectivity index is 1.76. The molecule has 2 aromatic heterocycles. The number of hydrogen-bond donors (Lipinski definition) is 0. The van der Waals surface area contributed by atoms with Gasteiger partial charge in [-0.05, 0) is 49.2 Å². The van der Waals surface area contributed by atoms with Crippen LogP contribution in [0.2, 0.25) is 0 Å². The number of carbonyl (C=O) groups is 2. The Bertz CT molecular complexity index is 1560. The monoisotopic (exact) mass is 492 g/mol. The lowest BCUT2D eigenvalue weighted by atomic mass is 9.98. The Kier molecular flexibility index (Phi) is 5.72.